The van der Waals surface area contributed by atoms with Gasteiger partial charge in [0.2, 0.25) is 0 Å². The van der Waals surface area contributed by atoms with Gasteiger partial charge < -0.3 is 24.8 Å². The summed E-state index contributed by atoms with van der Waals surface area (Å²) in [5.74, 6) is -0.0818. The molecule has 0 aliphatic carbocycles. The van der Waals surface area contributed by atoms with Crippen LogP contribution in [0.15, 0.2) is 61.4 Å². The smallest absolute Gasteiger partial charge is 0.438 e. The first-order valence-corrected chi connectivity index (χ1v) is 8.90. The van der Waals surface area contributed by atoms with Gasteiger partial charge in [0.1, 0.15) is 12.4 Å². The third-order valence-corrected chi connectivity index (χ3v) is 3.11. The Bertz CT molecular complexity index is 511. The van der Waals surface area contributed by atoms with Gasteiger partial charge in [0.15, 0.2) is 0 Å². The number of hydrogen-bond donors (Lipinski definition) is 1. The molecule has 0 unspecified atom stereocenters. The van der Waals surface area contributed by atoms with E-state index in [2.05, 4.69) is 49.0 Å². The Hall–Kier alpha value is -2.64. The predicted molar refractivity (Wildman–Crippen MR) is 115 cm³/mol. The molecule has 7 heteroatoms. The van der Waals surface area contributed by atoms with Gasteiger partial charge >= 0.3 is 12.1 Å². The minimum atomic E-state index is -0.609. The van der Waals surface area contributed by atoms with Gasteiger partial charge in [-0.05, 0) is 33.1 Å². The Labute approximate surface area is 169 Å². The van der Waals surface area contributed by atoms with E-state index in [4.69, 9.17) is 9.47 Å². The van der Waals surface area contributed by atoms with Gasteiger partial charge in [0, 0.05) is 18.2 Å². The number of hydrogen-bond acceptors (Lipinski definition) is 7. The van der Waals surface area contributed by atoms with Crippen LogP contribution in [0.25, 0.3) is 0 Å². The number of ether oxygens (including phenoxy) is 3. The van der Waals surface area contributed by atoms with E-state index in [0.29, 0.717) is 17.9 Å². The molecule has 0 aliphatic heterocycles. The molecule has 0 aromatic heterocycles. The Balaban J connectivity index is -0.000000414. The number of allylic oxidation sites excluding steroid dienone is 5. The van der Waals surface area contributed by atoms with Crippen LogP contribution < -0.4 is 5.73 Å². The van der Waals surface area contributed by atoms with Crippen molar-refractivity contribution in [3.05, 3.63) is 61.4 Å². The van der Waals surface area contributed by atoms with Gasteiger partial charge in [-0.2, -0.15) is 0 Å². The lowest BCUT2D eigenvalue weighted by Gasteiger charge is -2.16. The average molecular weight is 397 g/mol. The second-order valence-electron chi connectivity index (χ2n) is 4.68. The highest BCUT2D eigenvalue weighted by Gasteiger charge is 2.03. The summed E-state index contributed by atoms with van der Waals surface area (Å²) in [5, 5.41) is 0. The SMILES string of the molecule is C=CC(=O)OC(/C=C\C)=C(C=C)C=C.CCN(CC)CCOC(=O)OC.CN. The minimum Gasteiger partial charge on any atom is -0.438 e. The van der Waals surface area contributed by atoms with Crippen molar-refractivity contribution in [1.29, 1.82) is 0 Å². The van der Waals surface area contributed by atoms with Gasteiger partial charge in [0.25, 0.3) is 0 Å². The number of rotatable bonds is 10. The van der Waals surface area contributed by atoms with Gasteiger partial charge in [-0.3, -0.25) is 0 Å². The zero-order chi connectivity index (χ0) is 22.4. The number of nitrogens with zero attached hydrogens (tertiary/aromatic N) is 1. The van der Waals surface area contributed by atoms with E-state index in [1.165, 1.54) is 14.2 Å². The molecule has 2 N–H and O–H groups in total. The van der Waals surface area contributed by atoms with E-state index in [1.54, 1.807) is 24.3 Å². The lowest BCUT2D eigenvalue weighted by molar-refractivity contribution is -0.133. The monoisotopic (exact) mass is 396 g/mol. The summed E-state index contributed by atoms with van der Waals surface area (Å²) in [5.41, 5.74) is 5.17. The molecule has 0 heterocycles. The summed E-state index contributed by atoms with van der Waals surface area (Å²) in [7, 11) is 2.81. The topological polar surface area (TPSA) is 91.1 Å². The van der Waals surface area contributed by atoms with Crippen molar-refractivity contribution < 1.29 is 23.8 Å². The molecule has 0 atom stereocenters. The van der Waals surface area contributed by atoms with Gasteiger partial charge in [0.05, 0.1) is 7.11 Å². The van der Waals surface area contributed by atoms with Crippen LogP contribution in [0.3, 0.4) is 0 Å². The number of likely N-dealkylation sites (N-methyl/N-ethyl adjacent to an activating group) is 1. The average Bonchev–Trinajstić information content (AvgIpc) is 2.73. The van der Waals surface area contributed by atoms with Crippen LogP contribution >= 0.6 is 0 Å². The van der Waals surface area contributed by atoms with Crippen molar-refractivity contribution in [1.82, 2.24) is 4.90 Å². The highest BCUT2D eigenvalue weighted by atomic mass is 16.7. The van der Waals surface area contributed by atoms with Crippen molar-refractivity contribution >= 4 is 12.1 Å². The van der Waals surface area contributed by atoms with Crippen LogP contribution in [-0.4, -0.2) is 57.4 Å². The second-order valence-corrected chi connectivity index (χ2v) is 4.68. The van der Waals surface area contributed by atoms with Crippen molar-refractivity contribution in [3.63, 3.8) is 0 Å². The van der Waals surface area contributed by atoms with E-state index in [0.717, 1.165) is 25.7 Å². The third kappa shape index (κ3) is 16.8. The third-order valence-electron chi connectivity index (χ3n) is 3.11. The quantitative estimate of drug-likeness (QED) is 0.261. The second kappa shape index (κ2) is 22.4. The van der Waals surface area contributed by atoms with E-state index in [1.807, 2.05) is 6.92 Å². The van der Waals surface area contributed by atoms with Crippen molar-refractivity contribution in [3.8, 4) is 0 Å². The predicted octanol–water partition coefficient (Wildman–Crippen LogP) is 3.60. The molecule has 0 fully saturated rings. The molecule has 0 rings (SSSR count). The molecule has 0 saturated carbocycles. The van der Waals surface area contributed by atoms with Gasteiger partial charge in [-0.25, -0.2) is 9.59 Å². The number of nitrogens with two attached hydrogens (primary N) is 1. The molecule has 0 spiro atoms. The largest absolute Gasteiger partial charge is 0.508 e. The summed E-state index contributed by atoms with van der Waals surface area (Å²) in [6.07, 6.45) is 7.06. The molecular weight excluding hydrogens is 360 g/mol. The molecule has 160 valence electrons. The van der Waals surface area contributed by atoms with Crippen LogP contribution in [0.1, 0.15) is 20.8 Å². The lowest BCUT2D eigenvalue weighted by atomic mass is 10.2. The molecule has 0 amide bonds. The van der Waals surface area contributed by atoms with Crippen LogP contribution in [0.2, 0.25) is 0 Å². The van der Waals surface area contributed by atoms with E-state index in [9.17, 15) is 9.59 Å². The number of methoxy groups -OCH3 is 1. The van der Waals surface area contributed by atoms with E-state index < -0.39 is 12.1 Å². The summed E-state index contributed by atoms with van der Waals surface area (Å²) in [6.45, 7) is 19.6. The first-order chi connectivity index (χ1) is 13.4. The number of carbonyl (C=O) groups excluding carboxylic acids is 2. The summed E-state index contributed by atoms with van der Waals surface area (Å²) in [4.78, 5) is 23.6. The van der Waals surface area contributed by atoms with E-state index in [-0.39, 0.29) is 0 Å². The molecule has 0 aromatic carbocycles. The van der Waals surface area contributed by atoms with Gasteiger partial charge in [-0.15, -0.1) is 0 Å². The highest BCUT2D eigenvalue weighted by molar-refractivity contribution is 5.82. The number of carbonyl (C=O) groups is 2. The van der Waals surface area contributed by atoms with Crippen LogP contribution in [0.5, 0.6) is 0 Å². The Morgan fingerprint density at radius 1 is 1.04 bits per heavy atom. The zero-order valence-electron chi connectivity index (χ0n) is 17.9. The highest BCUT2D eigenvalue weighted by Crippen LogP contribution is 2.11. The zero-order valence-corrected chi connectivity index (χ0v) is 17.9. The van der Waals surface area contributed by atoms with Crippen LogP contribution in [0, 0.1) is 0 Å². The summed E-state index contributed by atoms with van der Waals surface area (Å²) >= 11 is 0. The first-order valence-electron chi connectivity index (χ1n) is 8.90. The molecule has 0 aromatic rings. The maximum absolute atomic E-state index is 11.0. The molecule has 0 aliphatic rings. The molecule has 0 radical (unpaired) electrons. The fraction of sp³-hybridized carbons (Fsp3) is 0.429. The van der Waals surface area contributed by atoms with Crippen molar-refractivity contribution in [2.24, 2.45) is 5.73 Å². The molecule has 0 bridgehead atoms. The summed E-state index contributed by atoms with van der Waals surface area (Å²) < 4.78 is 14.0. The van der Waals surface area contributed by atoms with E-state index >= 15 is 0 Å². The molecule has 7 nitrogen and oxygen atoms in total. The Morgan fingerprint density at radius 3 is 1.93 bits per heavy atom. The Morgan fingerprint density at radius 2 is 1.57 bits per heavy atom. The van der Waals surface area contributed by atoms with Gasteiger partial charge in [-0.1, -0.05) is 51.8 Å². The molecule has 0 saturated heterocycles. The van der Waals surface area contributed by atoms with Crippen molar-refractivity contribution in [2.75, 3.05) is 40.4 Å². The number of esters is 1. The molecule has 28 heavy (non-hydrogen) atoms. The maximum Gasteiger partial charge on any atom is 0.508 e. The van der Waals surface area contributed by atoms with Crippen LogP contribution in [0.4, 0.5) is 4.79 Å². The first kappa shape index (κ1) is 30.1. The lowest BCUT2D eigenvalue weighted by Crippen LogP contribution is -2.27. The standard InChI is InChI=1S/C12H14O2.C8H17NO3.CH5N/c1-5-9-11(10(6-2)7-3)14-12(13)8-4;1-4-9(5-2)6-7-12-8(10)11-3;1-2/h5-9H,2-4H2,1H3;4-7H2,1-3H3;2H2,1H3/b9-5-;;. The normalized spacial score (nSPS) is 9.11. The fourth-order valence-electron chi connectivity index (χ4n) is 1.63. The summed E-state index contributed by atoms with van der Waals surface area (Å²) in [6, 6.07) is 0. The Kier molecular flexibility index (Phi) is 24.1. The fourth-order valence-corrected chi connectivity index (χ4v) is 1.63. The van der Waals surface area contributed by atoms with Crippen LogP contribution in [-0.2, 0) is 19.0 Å². The molecular formula is C21H36N2O5. The van der Waals surface area contributed by atoms with Crippen molar-refractivity contribution in [2.45, 2.75) is 20.8 Å². The maximum atomic E-state index is 11.0. The minimum absolute atomic E-state index is 0.397.